The van der Waals surface area contributed by atoms with Gasteiger partial charge in [0, 0.05) is 12.1 Å². The van der Waals surface area contributed by atoms with Gasteiger partial charge in [0.1, 0.15) is 19.0 Å². The van der Waals surface area contributed by atoms with Gasteiger partial charge in [-0.3, -0.25) is 4.79 Å². The quantitative estimate of drug-likeness (QED) is 0.410. The van der Waals surface area contributed by atoms with Crippen molar-refractivity contribution in [1.29, 1.82) is 0 Å². The van der Waals surface area contributed by atoms with Crippen molar-refractivity contribution in [3.8, 4) is 17.2 Å². The van der Waals surface area contributed by atoms with Crippen LogP contribution in [-0.4, -0.2) is 31.8 Å². The standard InChI is InChI=1S/C24H31NO4/c1-4-20(5-2)25-24(26)15-13-19-12-14-22(23(18-19)27-6-3)29-17-16-28-21-10-8-7-9-11-21/h7-15,18,20H,4-6,16-17H2,1-3H3,(H,25,26)/b15-13+. The summed E-state index contributed by atoms with van der Waals surface area (Å²) in [5, 5.41) is 2.99. The molecule has 2 aromatic carbocycles. The molecule has 0 aromatic heterocycles. The van der Waals surface area contributed by atoms with Gasteiger partial charge in [0.25, 0.3) is 0 Å². The topological polar surface area (TPSA) is 56.8 Å². The number of amides is 1. The van der Waals surface area contributed by atoms with Crippen molar-refractivity contribution < 1.29 is 19.0 Å². The van der Waals surface area contributed by atoms with Gasteiger partial charge in [-0.1, -0.05) is 38.1 Å². The largest absolute Gasteiger partial charge is 0.490 e. The first-order chi connectivity index (χ1) is 14.2. The summed E-state index contributed by atoms with van der Waals surface area (Å²) >= 11 is 0. The number of hydrogen-bond acceptors (Lipinski definition) is 4. The summed E-state index contributed by atoms with van der Waals surface area (Å²) in [6.45, 7) is 7.43. The Morgan fingerprint density at radius 3 is 2.34 bits per heavy atom. The molecular formula is C24H31NO4. The molecule has 5 heteroatoms. The van der Waals surface area contributed by atoms with Crippen molar-refractivity contribution in [1.82, 2.24) is 5.32 Å². The Morgan fingerprint density at radius 2 is 1.66 bits per heavy atom. The molecule has 0 aliphatic heterocycles. The van der Waals surface area contributed by atoms with E-state index in [4.69, 9.17) is 14.2 Å². The minimum Gasteiger partial charge on any atom is -0.490 e. The van der Waals surface area contributed by atoms with Crippen LogP contribution in [0.1, 0.15) is 39.2 Å². The van der Waals surface area contributed by atoms with Crippen LogP contribution in [0.25, 0.3) is 6.08 Å². The van der Waals surface area contributed by atoms with Gasteiger partial charge >= 0.3 is 0 Å². The third-order valence-corrected chi connectivity index (χ3v) is 4.38. The van der Waals surface area contributed by atoms with E-state index in [0.29, 0.717) is 31.3 Å². The molecule has 0 atom stereocenters. The van der Waals surface area contributed by atoms with Crippen LogP contribution < -0.4 is 19.5 Å². The minimum absolute atomic E-state index is 0.0879. The maximum absolute atomic E-state index is 12.0. The number of carbonyl (C=O) groups excluding carboxylic acids is 1. The average molecular weight is 398 g/mol. The van der Waals surface area contributed by atoms with Crippen LogP contribution >= 0.6 is 0 Å². The summed E-state index contributed by atoms with van der Waals surface area (Å²) in [7, 11) is 0. The first kappa shape index (κ1) is 22.3. The maximum atomic E-state index is 12.0. The second kappa shape index (κ2) is 12.5. The zero-order valence-electron chi connectivity index (χ0n) is 17.5. The summed E-state index contributed by atoms with van der Waals surface area (Å²) in [6, 6.07) is 15.5. The Bertz CT molecular complexity index is 770. The highest BCUT2D eigenvalue weighted by Crippen LogP contribution is 2.29. The number of carbonyl (C=O) groups is 1. The molecule has 0 bridgehead atoms. The van der Waals surface area contributed by atoms with Gasteiger partial charge in [0.05, 0.1) is 6.61 Å². The second-order valence-corrected chi connectivity index (χ2v) is 6.50. The summed E-state index contributed by atoms with van der Waals surface area (Å²) in [4.78, 5) is 12.0. The Morgan fingerprint density at radius 1 is 0.931 bits per heavy atom. The summed E-state index contributed by atoms with van der Waals surface area (Å²) < 4.78 is 17.2. The molecule has 2 rings (SSSR count). The molecule has 0 saturated carbocycles. The summed E-state index contributed by atoms with van der Waals surface area (Å²) in [5.74, 6) is 2.03. The SMILES string of the molecule is CCOc1cc(/C=C/C(=O)NC(CC)CC)ccc1OCCOc1ccccc1. The van der Waals surface area contributed by atoms with E-state index in [1.165, 1.54) is 0 Å². The first-order valence-corrected chi connectivity index (χ1v) is 10.2. The van der Waals surface area contributed by atoms with Gasteiger partial charge in [0.15, 0.2) is 11.5 Å². The van der Waals surface area contributed by atoms with Crippen molar-refractivity contribution in [3.63, 3.8) is 0 Å². The van der Waals surface area contributed by atoms with E-state index in [-0.39, 0.29) is 11.9 Å². The van der Waals surface area contributed by atoms with Crippen LogP contribution in [0.2, 0.25) is 0 Å². The molecule has 1 amide bonds. The van der Waals surface area contributed by atoms with E-state index < -0.39 is 0 Å². The van der Waals surface area contributed by atoms with Crippen LogP contribution in [0.5, 0.6) is 17.2 Å². The maximum Gasteiger partial charge on any atom is 0.244 e. The van der Waals surface area contributed by atoms with E-state index in [2.05, 4.69) is 19.2 Å². The fourth-order valence-electron chi connectivity index (χ4n) is 2.76. The fourth-order valence-corrected chi connectivity index (χ4v) is 2.76. The molecule has 0 aliphatic carbocycles. The Balaban J connectivity index is 1.93. The highest BCUT2D eigenvalue weighted by atomic mass is 16.5. The third kappa shape index (κ3) is 7.90. The van der Waals surface area contributed by atoms with Gasteiger partial charge < -0.3 is 19.5 Å². The normalized spacial score (nSPS) is 10.9. The molecular weight excluding hydrogens is 366 g/mol. The van der Waals surface area contributed by atoms with Crippen molar-refractivity contribution in [2.45, 2.75) is 39.7 Å². The lowest BCUT2D eigenvalue weighted by Crippen LogP contribution is -2.32. The molecule has 1 N–H and O–H groups in total. The van der Waals surface area contributed by atoms with Crippen molar-refractivity contribution in [3.05, 3.63) is 60.2 Å². The zero-order chi connectivity index (χ0) is 20.9. The molecule has 0 fully saturated rings. The molecule has 156 valence electrons. The van der Waals surface area contributed by atoms with Crippen LogP contribution in [-0.2, 0) is 4.79 Å². The van der Waals surface area contributed by atoms with E-state index in [1.807, 2.05) is 55.5 Å². The number of benzene rings is 2. The molecule has 29 heavy (non-hydrogen) atoms. The highest BCUT2D eigenvalue weighted by molar-refractivity contribution is 5.92. The first-order valence-electron chi connectivity index (χ1n) is 10.2. The Hall–Kier alpha value is -2.95. The second-order valence-electron chi connectivity index (χ2n) is 6.50. The minimum atomic E-state index is -0.0879. The van der Waals surface area contributed by atoms with Crippen LogP contribution in [0, 0.1) is 0 Å². The van der Waals surface area contributed by atoms with Crippen LogP contribution in [0.15, 0.2) is 54.6 Å². The predicted octanol–water partition coefficient (Wildman–Crippen LogP) is 4.86. The van der Waals surface area contributed by atoms with Crippen molar-refractivity contribution in [2.75, 3.05) is 19.8 Å². The number of nitrogens with one attached hydrogen (secondary N) is 1. The lowest BCUT2D eigenvalue weighted by Gasteiger charge is -2.14. The number of rotatable bonds is 12. The average Bonchev–Trinajstić information content (AvgIpc) is 2.75. The number of hydrogen-bond donors (Lipinski definition) is 1. The van der Waals surface area contributed by atoms with Crippen molar-refractivity contribution >= 4 is 12.0 Å². The molecule has 0 saturated heterocycles. The Labute approximate surface area is 173 Å². The predicted molar refractivity (Wildman–Crippen MR) is 117 cm³/mol. The van der Waals surface area contributed by atoms with Crippen molar-refractivity contribution in [2.24, 2.45) is 0 Å². The highest BCUT2D eigenvalue weighted by Gasteiger charge is 2.08. The van der Waals surface area contributed by atoms with Crippen LogP contribution in [0.4, 0.5) is 0 Å². The molecule has 0 unspecified atom stereocenters. The van der Waals surface area contributed by atoms with Gasteiger partial charge in [0.2, 0.25) is 5.91 Å². The van der Waals surface area contributed by atoms with Gasteiger partial charge in [-0.2, -0.15) is 0 Å². The molecule has 0 aliphatic rings. The van der Waals surface area contributed by atoms with E-state index in [1.54, 1.807) is 12.2 Å². The van der Waals surface area contributed by atoms with Gasteiger partial charge in [-0.15, -0.1) is 0 Å². The number of para-hydroxylation sites is 1. The number of ether oxygens (including phenoxy) is 3. The van der Waals surface area contributed by atoms with Gasteiger partial charge in [-0.25, -0.2) is 0 Å². The molecule has 0 radical (unpaired) electrons. The smallest absolute Gasteiger partial charge is 0.244 e. The Kier molecular flexibility index (Phi) is 9.63. The van der Waals surface area contributed by atoms with E-state index in [9.17, 15) is 4.79 Å². The van der Waals surface area contributed by atoms with E-state index in [0.717, 1.165) is 24.2 Å². The van der Waals surface area contributed by atoms with Crippen LogP contribution in [0.3, 0.4) is 0 Å². The van der Waals surface area contributed by atoms with Gasteiger partial charge in [-0.05, 0) is 55.7 Å². The molecule has 5 nitrogen and oxygen atoms in total. The summed E-state index contributed by atoms with van der Waals surface area (Å²) in [5.41, 5.74) is 0.876. The molecule has 2 aromatic rings. The third-order valence-electron chi connectivity index (χ3n) is 4.38. The van der Waals surface area contributed by atoms with E-state index >= 15 is 0 Å². The monoisotopic (exact) mass is 397 g/mol. The summed E-state index contributed by atoms with van der Waals surface area (Å²) in [6.07, 6.45) is 5.18. The molecule has 0 spiro atoms. The fraction of sp³-hybridized carbons (Fsp3) is 0.375. The molecule has 0 heterocycles. The lowest BCUT2D eigenvalue weighted by molar-refractivity contribution is -0.117. The zero-order valence-corrected chi connectivity index (χ0v) is 17.5. The lowest BCUT2D eigenvalue weighted by atomic mass is 10.1.